The molecule has 1 atom stereocenters. The standard InChI is InChI=1S/C19H21FN2O5/c1-12(19(23)22-15-8-6-5-7-14(15)20)27-21-11-13-9-16(24-2)18(26-4)17(10-13)25-3/h5-12H,1-4H3,(H,22,23)/b21-11-/t12-/m0/s1. The zero-order chi connectivity index (χ0) is 19.8. The van der Waals surface area contributed by atoms with Crippen molar-refractivity contribution < 1.29 is 28.2 Å². The molecule has 0 aromatic heterocycles. The van der Waals surface area contributed by atoms with Crippen LogP contribution in [0.25, 0.3) is 0 Å². The van der Waals surface area contributed by atoms with Crippen LogP contribution in [-0.4, -0.2) is 39.6 Å². The summed E-state index contributed by atoms with van der Waals surface area (Å²) in [4.78, 5) is 17.2. The number of anilines is 1. The molecule has 0 aliphatic carbocycles. The predicted octanol–water partition coefficient (Wildman–Crippen LogP) is 3.23. The monoisotopic (exact) mass is 376 g/mol. The highest BCUT2D eigenvalue weighted by Crippen LogP contribution is 2.37. The number of carbonyl (C=O) groups is 1. The molecule has 0 unspecified atom stereocenters. The van der Waals surface area contributed by atoms with Gasteiger partial charge in [-0.15, -0.1) is 0 Å². The van der Waals surface area contributed by atoms with Gasteiger partial charge < -0.3 is 24.4 Å². The Hall–Kier alpha value is -3.29. The van der Waals surface area contributed by atoms with Crippen molar-refractivity contribution in [2.24, 2.45) is 5.16 Å². The molecule has 27 heavy (non-hydrogen) atoms. The fourth-order valence-electron chi connectivity index (χ4n) is 2.20. The second-order valence-corrected chi connectivity index (χ2v) is 5.41. The van der Waals surface area contributed by atoms with Crippen molar-refractivity contribution in [3.63, 3.8) is 0 Å². The third kappa shape index (κ3) is 5.10. The molecule has 0 aliphatic heterocycles. The Morgan fingerprint density at radius 1 is 1.11 bits per heavy atom. The number of amides is 1. The van der Waals surface area contributed by atoms with Gasteiger partial charge in [-0.3, -0.25) is 4.79 Å². The maximum absolute atomic E-state index is 13.6. The van der Waals surface area contributed by atoms with Crippen molar-refractivity contribution in [1.29, 1.82) is 0 Å². The molecule has 0 saturated heterocycles. The van der Waals surface area contributed by atoms with Crippen molar-refractivity contribution in [2.75, 3.05) is 26.6 Å². The van der Waals surface area contributed by atoms with E-state index in [9.17, 15) is 9.18 Å². The highest BCUT2D eigenvalue weighted by Gasteiger charge is 2.16. The fourth-order valence-corrected chi connectivity index (χ4v) is 2.20. The molecule has 8 heteroatoms. The van der Waals surface area contributed by atoms with Crippen LogP contribution in [0.3, 0.4) is 0 Å². The van der Waals surface area contributed by atoms with E-state index in [0.717, 1.165) is 0 Å². The first-order valence-corrected chi connectivity index (χ1v) is 8.04. The van der Waals surface area contributed by atoms with E-state index in [1.807, 2.05) is 0 Å². The van der Waals surface area contributed by atoms with Crippen LogP contribution in [0.4, 0.5) is 10.1 Å². The number of halogens is 1. The first-order chi connectivity index (χ1) is 13.0. The highest BCUT2D eigenvalue weighted by atomic mass is 19.1. The number of nitrogens with one attached hydrogen (secondary N) is 1. The summed E-state index contributed by atoms with van der Waals surface area (Å²) < 4.78 is 29.3. The number of para-hydroxylation sites is 1. The van der Waals surface area contributed by atoms with Gasteiger partial charge in [0.15, 0.2) is 11.5 Å². The van der Waals surface area contributed by atoms with Gasteiger partial charge in [0.05, 0.1) is 33.2 Å². The van der Waals surface area contributed by atoms with Crippen LogP contribution in [-0.2, 0) is 9.63 Å². The molecule has 0 bridgehead atoms. The zero-order valence-electron chi connectivity index (χ0n) is 15.5. The number of hydrogen-bond donors (Lipinski definition) is 1. The molecule has 7 nitrogen and oxygen atoms in total. The average molecular weight is 376 g/mol. The van der Waals surface area contributed by atoms with Crippen molar-refractivity contribution in [2.45, 2.75) is 13.0 Å². The number of oxime groups is 1. The second kappa shape index (κ2) is 9.42. The molecule has 1 N–H and O–H groups in total. The third-order valence-corrected chi connectivity index (χ3v) is 3.61. The first-order valence-electron chi connectivity index (χ1n) is 8.04. The number of ether oxygens (including phenoxy) is 3. The summed E-state index contributed by atoms with van der Waals surface area (Å²) in [6.45, 7) is 1.50. The Bertz CT molecular complexity index is 800. The lowest BCUT2D eigenvalue weighted by Crippen LogP contribution is -2.26. The summed E-state index contributed by atoms with van der Waals surface area (Å²) in [6.07, 6.45) is 0.472. The van der Waals surface area contributed by atoms with E-state index >= 15 is 0 Å². The van der Waals surface area contributed by atoms with Gasteiger partial charge in [0, 0.05) is 5.56 Å². The molecular formula is C19H21FN2O5. The summed E-state index contributed by atoms with van der Waals surface area (Å²) in [5.41, 5.74) is 0.692. The van der Waals surface area contributed by atoms with Crippen LogP contribution < -0.4 is 19.5 Å². The smallest absolute Gasteiger partial charge is 0.268 e. The fraction of sp³-hybridized carbons (Fsp3) is 0.263. The van der Waals surface area contributed by atoms with Gasteiger partial charge >= 0.3 is 0 Å². The lowest BCUT2D eigenvalue weighted by molar-refractivity contribution is -0.126. The largest absolute Gasteiger partial charge is 0.493 e. The molecule has 0 radical (unpaired) electrons. The van der Waals surface area contributed by atoms with Crippen LogP contribution in [0.5, 0.6) is 17.2 Å². The van der Waals surface area contributed by atoms with E-state index in [0.29, 0.717) is 22.8 Å². The zero-order valence-corrected chi connectivity index (χ0v) is 15.5. The van der Waals surface area contributed by atoms with Crippen LogP contribution >= 0.6 is 0 Å². The third-order valence-electron chi connectivity index (χ3n) is 3.61. The van der Waals surface area contributed by atoms with Crippen molar-refractivity contribution >= 4 is 17.8 Å². The molecular weight excluding hydrogens is 355 g/mol. The Kier molecular flexibility index (Phi) is 6.99. The van der Waals surface area contributed by atoms with Gasteiger partial charge in [0.2, 0.25) is 11.9 Å². The topological polar surface area (TPSA) is 78.4 Å². The minimum absolute atomic E-state index is 0.0755. The van der Waals surface area contributed by atoms with E-state index in [1.165, 1.54) is 52.7 Å². The highest BCUT2D eigenvalue weighted by molar-refractivity contribution is 5.94. The molecule has 0 fully saturated rings. The minimum atomic E-state index is -0.928. The van der Waals surface area contributed by atoms with Gasteiger partial charge in [-0.2, -0.15) is 0 Å². The Balaban J connectivity index is 2.04. The lowest BCUT2D eigenvalue weighted by atomic mass is 10.2. The van der Waals surface area contributed by atoms with Crippen LogP contribution in [0.1, 0.15) is 12.5 Å². The maximum atomic E-state index is 13.6. The Morgan fingerprint density at radius 3 is 2.30 bits per heavy atom. The summed E-state index contributed by atoms with van der Waals surface area (Å²) in [7, 11) is 4.51. The van der Waals surface area contributed by atoms with E-state index in [1.54, 1.807) is 18.2 Å². The Labute approximate surface area is 156 Å². The van der Waals surface area contributed by atoms with E-state index in [4.69, 9.17) is 19.0 Å². The molecule has 0 spiro atoms. The SMILES string of the molecule is COc1cc(/C=N\O[C@@H](C)C(=O)Nc2ccccc2F)cc(OC)c1OC. The molecule has 0 heterocycles. The van der Waals surface area contributed by atoms with Crippen molar-refractivity contribution in [3.05, 3.63) is 47.8 Å². The number of rotatable bonds is 8. The molecule has 1 amide bonds. The average Bonchev–Trinajstić information content (AvgIpc) is 2.68. The lowest BCUT2D eigenvalue weighted by Gasteiger charge is -2.13. The number of benzene rings is 2. The summed E-state index contributed by atoms with van der Waals surface area (Å²) in [5, 5.41) is 6.24. The first kappa shape index (κ1) is 20.0. The summed E-state index contributed by atoms with van der Waals surface area (Å²) in [5.74, 6) is 0.323. The maximum Gasteiger partial charge on any atom is 0.268 e. The minimum Gasteiger partial charge on any atom is -0.493 e. The molecule has 0 saturated carbocycles. The molecule has 2 aromatic rings. The predicted molar refractivity (Wildman–Crippen MR) is 99.3 cm³/mol. The number of hydrogen-bond acceptors (Lipinski definition) is 6. The number of carbonyl (C=O) groups excluding carboxylic acids is 1. The van der Waals surface area contributed by atoms with Gasteiger partial charge in [-0.05, 0) is 31.2 Å². The van der Waals surface area contributed by atoms with Crippen molar-refractivity contribution in [1.82, 2.24) is 0 Å². The van der Waals surface area contributed by atoms with Crippen LogP contribution in [0.15, 0.2) is 41.6 Å². The molecule has 2 rings (SSSR count). The van der Waals surface area contributed by atoms with Gasteiger partial charge in [0.1, 0.15) is 5.82 Å². The Morgan fingerprint density at radius 2 is 1.74 bits per heavy atom. The summed E-state index contributed by atoms with van der Waals surface area (Å²) >= 11 is 0. The number of nitrogens with zero attached hydrogens (tertiary/aromatic N) is 1. The van der Waals surface area contributed by atoms with Crippen LogP contribution in [0, 0.1) is 5.82 Å². The van der Waals surface area contributed by atoms with Gasteiger partial charge in [0.25, 0.3) is 5.91 Å². The van der Waals surface area contributed by atoms with Crippen molar-refractivity contribution in [3.8, 4) is 17.2 Å². The van der Waals surface area contributed by atoms with Crippen LogP contribution in [0.2, 0.25) is 0 Å². The molecule has 144 valence electrons. The molecule has 2 aromatic carbocycles. The summed E-state index contributed by atoms with van der Waals surface area (Å²) in [6, 6.07) is 9.22. The van der Waals surface area contributed by atoms with E-state index in [-0.39, 0.29) is 5.69 Å². The van der Waals surface area contributed by atoms with Gasteiger partial charge in [-0.25, -0.2) is 4.39 Å². The van der Waals surface area contributed by atoms with Gasteiger partial charge in [-0.1, -0.05) is 17.3 Å². The molecule has 0 aliphatic rings. The number of methoxy groups -OCH3 is 3. The van der Waals surface area contributed by atoms with E-state index in [2.05, 4.69) is 10.5 Å². The quantitative estimate of drug-likeness (QED) is 0.565. The normalized spacial score (nSPS) is 11.7. The van der Waals surface area contributed by atoms with E-state index < -0.39 is 17.8 Å². The second-order valence-electron chi connectivity index (χ2n) is 5.41.